The Balaban J connectivity index is 1.83. The molecule has 4 atom stereocenters. The second kappa shape index (κ2) is 14.4. The number of carboxylic acid groups (broad SMARTS) is 1. The van der Waals surface area contributed by atoms with E-state index in [0.717, 1.165) is 77.2 Å². The fraction of sp³-hybridized carbons (Fsp3) is 0.870. The van der Waals surface area contributed by atoms with Crippen LogP contribution in [0.1, 0.15) is 96.8 Å². The van der Waals surface area contributed by atoms with Crippen LogP contribution in [0.3, 0.4) is 0 Å². The van der Waals surface area contributed by atoms with Gasteiger partial charge in [-0.25, -0.2) is 4.79 Å². The molecule has 2 saturated heterocycles. The van der Waals surface area contributed by atoms with Crippen LogP contribution >= 0.6 is 0 Å². The number of carbonyl (C=O) groups is 3. The summed E-state index contributed by atoms with van der Waals surface area (Å²) in [5.74, 6) is -0.449. The number of ether oxygens (including phenoxy) is 2. The number of urea groups is 1. The van der Waals surface area contributed by atoms with Crippen molar-refractivity contribution in [3.8, 4) is 0 Å². The van der Waals surface area contributed by atoms with Crippen molar-refractivity contribution in [3.63, 3.8) is 0 Å². The van der Waals surface area contributed by atoms with Crippen LogP contribution in [0.25, 0.3) is 0 Å². The molecule has 4 unspecified atom stereocenters. The summed E-state index contributed by atoms with van der Waals surface area (Å²) >= 11 is 0. The number of amides is 3. The van der Waals surface area contributed by atoms with Crippen LogP contribution in [-0.4, -0.2) is 48.1 Å². The second-order valence-corrected chi connectivity index (χ2v) is 8.88. The van der Waals surface area contributed by atoms with E-state index >= 15 is 0 Å². The van der Waals surface area contributed by atoms with Crippen molar-refractivity contribution in [2.45, 2.75) is 115 Å². The Labute approximate surface area is 185 Å². The molecule has 3 N–H and O–H groups in total. The third-order valence-electron chi connectivity index (χ3n) is 6.16. The molecule has 2 aliphatic heterocycles. The quantitative estimate of drug-likeness (QED) is 0.246. The van der Waals surface area contributed by atoms with Crippen LogP contribution in [-0.2, 0) is 19.1 Å². The van der Waals surface area contributed by atoms with Gasteiger partial charge in [-0.1, -0.05) is 45.4 Å². The molecule has 2 heterocycles. The summed E-state index contributed by atoms with van der Waals surface area (Å²) in [7, 11) is 0. The molecule has 2 rings (SSSR count). The molecular formula is C23H40N2O6. The highest BCUT2D eigenvalue weighted by atomic mass is 16.7. The monoisotopic (exact) mass is 440 g/mol. The van der Waals surface area contributed by atoms with Crippen LogP contribution in [0, 0.1) is 5.92 Å². The summed E-state index contributed by atoms with van der Waals surface area (Å²) in [5.41, 5.74) is 0. The first-order valence-corrected chi connectivity index (χ1v) is 12.1. The molecule has 0 aliphatic carbocycles. The molecule has 2 fully saturated rings. The van der Waals surface area contributed by atoms with E-state index in [0.29, 0.717) is 18.8 Å². The highest BCUT2D eigenvalue weighted by Crippen LogP contribution is 2.27. The minimum absolute atomic E-state index is 0.00281. The summed E-state index contributed by atoms with van der Waals surface area (Å²) in [4.78, 5) is 33.9. The van der Waals surface area contributed by atoms with E-state index in [1.807, 2.05) is 0 Å². The van der Waals surface area contributed by atoms with E-state index in [1.54, 1.807) is 0 Å². The lowest BCUT2D eigenvalue weighted by molar-refractivity contribution is -0.193. The summed E-state index contributed by atoms with van der Waals surface area (Å²) in [6.45, 7) is 2.92. The fourth-order valence-corrected chi connectivity index (χ4v) is 4.51. The Morgan fingerprint density at radius 2 is 1.97 bits per heavy atom. The Morgan fingerprint density at radius 1 is 1.16 bits per heavy atom. The lowest BCUT2D eigenvalue weighted by atomic mass is 9.89. The first-order valence-electron chi connectivity index (χ1n) is 12.1. The summed E-state index contributed by atoms with van der Waals surface area (Å²) in [6, 6.07) is -0.903. The van der Waals surface area contributed by atoms with Crippen molar-refractivity contribution in [1.82, 2.24) is 10.6 Å². The largest absolute Gasteiger partial charge is 0.481 e. The van der Waals surface area contributed by atoms with Gasteiger partial charge in [-0.2, -0.15) is 0 Å². The Kier molecular flexibility index (Phi) is 11.9. The highest BCUT2D eigenvalue weighted by Gasteiger charge is 2.31. The zero-order valence-electron chi connectivity index (χ0n) is 18.9. The standard InChI is InChI=1S/C23H40N2O6/c1-2-9-17(10-5-3-4-6-11-20(26)27)16-18(31-21-12-7-8-15-30-21)13-14-19-22(28)25-23(29)24-19/h17-19,21H,2-16H2,1H3,(H,26,27)(H2,24,25,28,29). The Hall–Kier alpha value is -1.67. The van der Waals surface area contributed by atoms with Gasteiger partial charge in [-0.3, -0.25) is 14.9 Å². The Morgan fingerprint density at radius 3 is 2.61 bits per heavy atom. The molecule has 178 valence electrons. The number of hydrogen-bond donors (Lipinski definition) is 3. The predicted octanol–water partition coefficient (Wildman–Crippen LogP) is 4.12. The minimum Gasteiger partial charge on any atom is -0.481 e. The van der Waals surface area contributed by atoms with Crippen LogP contribution in [0.4, 0.5) is 4.79 Å². The number of hydrogen-bond acceptors (Lipinski definition) is 5. The van der Waals surface area contributed by atoms with E-state index in [1.165, 1.54) is 0 Å². The molecule has 0 bridgehead atoms. The normalized spacial score (nSPS) is 23.3. The van der Waals surface area contributed by atoms with E-state index in [9.17, 15) is 14.4 Å². The molecule has 8 heteroatoms. The van der Waals surface area contributed by atoms with Crippen molar-refractivity contribution in [2.24, 2.45) is 5.92 Å². The second-order valence-electron chi connectivity index (χ2n) is 8.88. The molecule has 0 aromatic heterocycles. The number of nitrogens with one attached hydrogen (secondary N) is 2. The average Bonchev–Trinajstić information content (AvgIpc) is 3.06. The molecule has 3 amide bonds. The molecular weight excluding hydrogens is 400 g/mol. The summed E-state index contributed by atoms with van der Waals surface area (Å²) in [5, 5.41) is 13.7. The maximum atomic E-state index is 11.9. The van der Waals surface area contributed by atoms with Gasteiger partial charge in [-0.05, 0) is 50.9 Å². The molecule has 0 radical (unpaired) electrons. The fourth-order valence-electron chi connectivity index (χ4n) is 4.51. The van der Waals surface area contributed by atoms with Gasteiger partial charge in [0.2, 0.25) is 0 Å². The first-order chi connectivity index (χ1) is 15.0. The van der Waals surface area contributed by atoms with Crippen LogP contribution in [0.5, 0.6) is 0 Å². The number of rotatable bonds is 16. The maximum Gasteiger partial charge on any atom is 0.322 e. The lowest BCUT2D eigenvalue weighted by Crippen LogP contribution is -2.33. The van der Waals surface area contributed by atoms with E-state index in [-0.39, 0.29) is 24.7 Å². The first kappa shape index (κ1) is 25.6. The molecule has 2 aliphatic rings. The van der Waals surface area contributed by atoms with Gasteiger partial charge in [0.25, 0.3) is 5.91 Å². The van der Waals surface area contributed by atoms with Gasteiger partial charge in [0.1, 0.15) is 6.04 Å². The maximum absolute atomic E-state index is 11.9. The molecule has 0 aromatic carbocycles. The topological polar surface area (TPSA) is 114 Å². The van der Waals surface area contributed by atoms with Gasteiger partial charge in [0, 0.05) is 13.0 Å². The van der Waals surface area contributed by atoms with Crippen LogP contribution in [0.2, 0.25) is 0 Å². The number of aliphatic carboxylic acids is 1. The van der Waals surface area contributed by atoms with Gasteiger partial charge >= 0.3 is 12.0 Å². The Bertz CT molecular complexity index is 564. The van der Waals surface area contributed by atoms with Crippen molar-refractivity contribution >= 4 is 17.9 Å². The third-order valence-corrected chi connectivity index (χ3v) is 6.16. The number of imide groups is 1. The molecule has 0 spiro atoms. The molecule has 0 aromatic rings. The average molecular weight is 441 g/mol. The third kappa shape index (κ3) is 10.5. The van der Waals surface area contributed by atoms with Gasteiger partial charge in [-0.15, -0.1) is 0 Å². The van der Waals surface area contributed by atoms with Crippen molar-refractivity contribution in [3.05, 3.63) is 0 Å². The smallest absolute Gasteiger partial charge is 0.322 e. The SMILES string of the molecule is CCCC(CCCCCCC(=O)O)CC(CCC1NC(=O)NC1=O)OC1CCCCO1. The molecule has 0 saturated carbocycles. The van der Waals surface area contributed by atoms with E-state index in [2.05, 4.69) is 17.6 Å². The van der Waals surface area contributed by atoms with Crippen LogP contribution in [0.15, 0.2) is 0 Å². The van der Waals surface area contributed by atoms with E-state index < -0.39 is 18.0 Å². The molecule has 31 heavy (non-hydrogen) atoms. The van der Waals surface area contributed by atoms with Crippen molar-refractivity contribution < 1.29 is 29.0 Å². The van der Waals surface area contributed by atoms with Gasteiger partial charge < -0.3 is 19.9 Å². The van der Waals surface area contributed by atoms with E-state index in [4.69, 9.17) is 14.6 Å². The van der Waals surface area contributed by atoms with Crippen molar-refractivity contribution in [1.29, 1.82) is 0 Å². The zero-order chi connectivity index (χ0) is 22.5. The molecule has 8 nitrogen and oxygen atoms in total. The summed E-state index contributed by atoms with van der Waals surface area (Å²) in [6.07, 6.45) is 12.5. The van der Waals surface area contributed by atoms with Gasteiger partial charge in [0.15, 0.2) is 6.29 Å². The predicted molar refractivity (Wildman–Crippen MR) is 117 cm³/mol. The van der Waals surface area contributed by atoms with Crippen LogP contribution < -0.4 is 10.6 Å². The number of unbranched alkanes of at least 4 members (excludes halogenated alkanes) is 3. The number of carbonyl (C=O) groups excluding carboxylic acids is 2. The van der Waals surface area contributed by atoms with Gasteiger partial charge in [0.05, 0.1) is 6.10 Å². The van der Waals surface area contributed by atoms with Crippen molar-refractivity contribution in [2.75, 3.05) is 6.61 Å². The lowest BCUT2D eigenvalue weighted by Gasteiger charge is -2.30. The minimum atomic E-state index is -0.721. The number of carboxylic acids is 1. The highest BCUT2D eigenvalue weighted by molar-refractivity contribution is 6.04. The zero-order valence-corrected chi connectivity index (χ0v) is 18.9. The summed E-state index contributed by atoms with van der Waals surface area (Å²) < 4.78 is 12.1.